The number of aliphatic imine (C=N–C) groups is 1. The Bertz CT molecular complexity index is 445. The molecule has 104 valence electrons. The summed E-state index contributed by atoms with van der Waals surface area (Å²) in [5.41, 5.74) is 1.32. The molecule has 1 aliphatic rings. The first-order chi connectivity index (χ1) is 9.24. The SMILES string of the molecule is CCCN=C(NCC)NC1CC1c1cccc(Cl)c1. The minimum absolute atomic E-state index is 0.480. The summed E-state index contributed by atoms with van der Waals surface area (Å²) in [6.07, 6.45) is 2.22. The summed E-state index contributed by atoms with van der Waals surface area (Å²) in [4.78, 5) is 4.53. The molecular weight excluding hydrogens is 258 g/mol. The van der Waals surface area contributed by atoms with Gasteiger partial charge >= 0.3 is 0 Å². The highest BCUT2D eigenvalue weighted by molar-refractivity contribution is 6.30. The van der Waals surface area contributed by atoms with Gasteiger partial charge in [-0.25, -0.2) is 0 Å². The van der Waals surface area contributed by atoms with Gasteiger partial charge in [0.2, 0.25) is 0 Å². The Balaban J connectivity index is 1.91. The van der Waals surface area contributed by atoms with Gasteiger partial charge in [-0.3, -0.25) is 4.99 Å². The van der Waals surface area contributed by atoms with Crippen LogP contribution in [0, 0.1) is 0 Å². The van der Waals surface area contributed by atoms with E-state index in [-0.39, 0.29) is 0 Å². The Morgan fingerprint density at radius 2 is 2.26 bits per heavy atom. The largest absolute Gasteiger partial charge is 0.357 e. The van der Waals surface area contributed by atoms with E-state index in [1.807, 2.05) is 12.1 Å². The monoisotopic (exact) mass is 279 g/mol. The van der Waals surface area contributed by atoms with E-state index in [2.05, 4.69) is 41.6 Å². The summed E-state index contributed by atoms with van der Waals surface area (Å²) in [6.45, 7) is 5.98. The first kappa shape index (κ1) is 14.2. The van der Waals surface area contributed by atoms with Crippen LogP contribution in [-0.4, -0.2) is 25.1 Å². The van der Waals surface area contributed by atoms with Crippen LogP contribution in [0.1, 0.15) is 38.2 Å². The zero-order valence-corrected chi connectivity index (χ0v) is 12.4. The van der Waals surface area contributed by atoms with Crippen molar-refractivity contribution in [1.82, 2.24) is 10.6 Å². The highest BCUT2D eigenvalue weighted by atomic mass is 35.5. The lowest BCUT2D eigenvalue weighted by atomic mass is 10.1. The van der Waals surface area contributed by atoms with Crippen LogP contribution in [0.4, 0.5) is 0 Å². The van der Waals surface area contributed by atoms with E-state index >= 15 is 0 Å². The second kappa shape index (κ2) is 6.80. The Hall–Kier alpha value is -1.22. The second-order valence-electron chi connectivity index (χ2n) is 4.91. The molecule has 3 nitrogen and oxygen atoms in total. The van der Waals surface area contributed by atoms with E-state index in [0.29, 0.717) is 12.0 Å². The molecule has 1 saturated carbocycles. The maximum Gasteiger partial charge on any atom is 0.191 e. The summed E-state index contributed by atoms with van der Waals surface area (Å²) in [5, 5.41) is 7.59. The van der Waals surface area contributed by atoms with Gasteiger partial charge in [-0.05, 0) is 37.5 Å². The van der Waals surface area contributed by atoms with Crippen molar-refractivity contribution in [2.24, 2.45) is 4.99 Å². The molecule has 2 unspecified atom stereocenters. The van der Waals surface area contributed by atoms with E-state index in [1.54, 1.807) is 0 Å². The predicted molar refractivity (Wildman–Crippen MR) is 82.0 cm³/mol. The molecule has 0 spiro atoms. The fourth-order valence-corrected chi connectivity index (χ4v) is 2.38. The quantitative estimate of drug-likeness (QED) is 0.642. The fraction of sp³-hybridized carbons (Fsp3) is 0.533. The molecule has 2 N–H and O–H groups in total. The molecule has 4 heteroatoms. The Morgan fingerprint density at radius 1 is 1.42 bits per heavy atom. The van der Waals surface area contributed by atoms with Crippen molar-refractivity contribution in [3.63, 3.8) is 0 Å². The van der Waals surface area contributed by atoms with Crippen molar-refractivity contribution >= 4 is 17.6 Å². The Morgan fingerprint density at radius 3 is 2.95 bits per heavy atom. The Labute approximate surface area is 120 Å². The Kier molecular flexibility index (Phi) is 5.08. The molecule has 0 heterocycles. The van der Waals surface area contributed by atoms with Gasteiger partial charge in [-0.15, -0.1) is 0 Å². The highest BCUT2D eigenvalue weighted by Crippen LogP contribution is 2.41. The van der Waals surface area contributed by atoms with Crippen molar-refractivity contribution in [1.29, 1.82) is 0 Å². The second-order valence-corrected chi connectivity index (χ2v) is 5.35. The van der Waals surface area contributed by atoms with Gasteiger partial charge in [0, 0.05) is 30.1 Å². The molecule has 0 saturated heterocycles. The van der Waals surface area contributed by atoms with Crippen LogP contribution in [-0.2, 0) is 0 Å². The van der Waals surface area contributed by atoms with Crippen molar-refractivity contribution in [2.45, 2.75) is 38.6 Å². The molecular formula is C15H22ClN3. The number of guanidine groups is 1. The third-order valence-electron chi connectivity index (χ3n) is 3.23. The van der Waals surface area contributed by atoms with Gasteiger partial charge in [-0.1, -0.05) is 30.7 Å². The molecule has 1 aromatic carbocycles. The molecule has 0 amide bonds. The van der Waals surface area contributed by atoms with E-state index in [1.165, 1.54) is 5.56 Å². The van der Waals surface area contributed by atoms with Gasteiger partial charge < -0.3 is 10.6 Å². The van der Waals surface area contributed by atoms with Gasteiger partial charge in [0.05, 0.1) is 0 Å². The summed E-state index contributed by atoms with van der Waals surface area (Å²) >= 11 is 6.03. The van der Waals surface area contributed by atoms with Crippen molar-refractivity contribution in [3.8, 4) is 0 Å². The fourth-order valence-electron chi connectivity index (χ4n) is 2.18. The molecule has 1 aromatic rings. The van der Waals surface area contributed by atoms with Crippen LogP contribution in [0.5, 0.6) is 0 Å². The molecule has 2 rings (SSSR count). The lowest BCUT2D eigenvalue weighted by Crippen LogP contribution is -2.39. The minimum Gasteiger partial charge on any atom is -0.357 e. The molecule has 0 aromatic heterocycles. The minimum atomic E-state index is 0.480. The average molecular weight is 280 g/mol. The van der Waals surface area contributed by atoms with Crippen molar-refractivity contribution < 1.29 is 0 Å². The highest BCUT2D eigenvalue weighted by Gasteiger charge is 2.39. The average Bonchev–Trinajstić information content (AvgIpc) is 3.15. The zero-order chi connectivity index (χ0) is 13.7. The van der Waals surface area contributed by atoms with Crippen LogP contribution < -0.4 is 10.6 Å². The number of hydrogen-bond acceptors (Lipinski definition) is 1. The van der Waals surface area contributed by atoms with Crippen LogP contribution in [0.2, 0.25) is 5.02 Å². The van der Waals surface area contributed by atoms with E-state index in [4.69, 9.17) is 11.6 Å². The summed E-state index contributed by atoms with van der Waals surface area (Å²) in [6, 6.07) is 8.62. The van der Waals surface area contributed by atoms with Crippen LogP contribution >= 0.6 is 11.6 Å². The predicted octanol–water partition coefficient (Wildman–Crippen LogP) is 3.16. The van der Waals surface area contributed by atoms with E-state index < -0.39 is 0 Å². The molecule has 0 bridgehead atoms. The third-order valence-corrected chi connectivity index (χ3v) is 3.46. The molecule has 0 aliphatic heterocycles. The van der Waals surface area contributed by atoms with Crippen molar-refractivity contribution in [3.05, 3.63) is 34.9 Å². The summed E-state index contributed by atoms with van der Waals surface area (Å²) in [7, 11) is 0. The standard InChI is InChI=1S/C15H22ClN3/c1-3-8-18-15(17-4-2)19-14-10-13(14)11-6-5-7-12(16)9-11/h5-7,9,13-14H,3-4,8,10H2,1-2H3,(H2,17,18,19). The molecule has 0 radical (unpaired) electrons. The zero-order valence-electron chi connectivity index (χ0n) is 11.6. The lowest BCUT2D eigenvalue weighted by Gasteiger charge is -2.11. The number of nitrogens with one attached hydrogen (secondary N) is 2. The number of halogens is 1. The molecule has 2 atom stereocenters. The maximum absolute atomic E-state index is 6.03. The first-order valence-electron chi connectivity index (χ1n) is 7.05. The summed E-state index contributed by atoms with van der Waals surface area (Å²) in [5.74, 6) is 1.49. The first-order valence-corrected chi connectivity index (χ1v) is 7.42. The van der Waals surface area contributed by atoms with Crippen LogP contribution in [0.25, 0.3) is 0 Å². The molecule has 1 fully saturated rings. The smallest absolute Gasteiger partial charge is 0.191 e. The van der Waals surface area contributed by atoms with Gasteiger partial charge in [0.25, 0.3) is 0 Å². The van der Waals surface area contributed by atoms with Crippen LogP contribution in [0.3, 0.4) is 0 Å². The number of nitrogens with zero attached hydrogens (tertiary/aromatic N) is 1. The summed E-state index contributed by atoms with van der Waals surface area (Å²) < 4.78 is 0. The molecule has 1 aliphatic carbocycles. The topological polar surface area (TPSA) is 36.4 Å². The third kappa shape index (κ3) is 4.13. The van der Waals surface area contributed by atoms with Gasteiger partial charge in [-0.2, -0.15) is 0 Å². The van der Waals surface area contributed by atoms with E-state index in [0.717, 1.165) is 36.9 Å². The van der Waals surface area contributed by atoms with E-state index in [9.17, 15) is 0 Å². The number of hydrogen-bond donors (Lipinski definition) is 2. The molecule has 19 heavy (non-hydrogen) atoms. The van der Waals surface area contributed by atoms with Gasteiger partial charge in [0.15, 0.2) is 5.96 Å². The lowest BCUT2D eigenvalue weighted by molar-refractivity contribution is 0.789. The number of rotatable bonds is 5. The van der Waals surface area contributed by atoms with Gasteiger partial charge in [0.1, 0.15) is 0 Å². The normalized spacial score (nSPS) is 22.2. The number of benzene rings is 1. The maximum atomic E-state index is 6.03. The van der Waals surface area contributed by atoms with Crippen molar-refractivity contribution in [2.75, 3.05) is 13.1 Å². The van der Waals surface area contributed by atoms with Crippen LogP contribution in [0.15, 0.2) is 29.3 Å².